The summed E-state index contributed by atoms with van der Waals surface area (Å²) in [5.41, 5.74) is 0. The number of amides is 1. The molecule has 0 radical (unpaired) electrons. The zero-order chi connectivity index (χ0) is 7.56. The molecule has 1 aliphatic rings. The minimum atomic E-state index is 0.121. The number of hydrogen-bond acceptors (Lipinski definition) is 2. The molecule has 3 nitrogen and oxygen atoms in total. The predicted molar refractivity (Wildman–Crippen MR) is 37.4 cm³/mol. The van der Waals surface area contributed by atoms with E-state index < -0.39 is 0 Å². The summed E-state index contributed by atoms with van der Waals surface area (Å²) >= 11 is 0. The first-order valence-electron chi connectivity index (χ1n) is 3.60. The molecule has 1 amide bonds. The van der Waals surface area contributed by atoms with Gasteiger partial charge in [-0.15, -0.1) is 0 Å². The largest absolute Gasteiger partial charge is 0.396 e. The second-order valence-corrected chi connectivity index (χ2v) is 2.80. The first kappa shape index (κ1) is 7.54. The number of carbonyl (C=O) groups is 1. The van der Waals surface area contributed by atoms with Gasteiger partial charge in [-0.1, -0.05) is 0 Å². The lowest BCUT2D eigenvalue weighted by atomic mass is 10.1. The summed E-state index contributed by atoms with van der Waals surface area (Å²) in [6.45, 7) is 3.34. The molecule has 0 saturated carbocycles. The van der Waals surface area contributed by atoms with Crippen molar-refractivity contribution in [1.29, 1.82) is 0 Å². The second kappa shape index (κ2) is 3.01. The third-order valence-electron chi connectivity index (χ3n) is 1.99. The van der Waals surface area contributed by atoms with Crippen LogP contribution in [0, 0.1) is 5.92 Å². The van der Waals surface area contributed by atoms with Crippen molar-refractivity contribution in [1.82, 2.24) is 4.90 Å². The average molecular weight is 143 g/mol. The Morgan fingerprint density at radius 3 is 2.80 bits per heavy atom. The van der Waals surface area contributed by atoms with E-state index in [-0.39, 0.29) is 12.5 Å². The van der Waals surface area contributed by atoms with Gasteiger partial charge in [0.05, 0.1) is 0 Å². The maximum Gasteiger partial charge on any atom is 0.219 e. The highest BCUT2D eigenvalue weighted by Crippen LogP contribution is 2.14. The molecular weight excluding hydrogens is 130 g/mol. The fourth-order valence-corrected chi connectivity index (χ4v) is 1.27. The Balaban J connectivity index is 2.35. The molecule has 0 aromatic carbocycles. The Labute approximate surface area is 60.6 Å². The molecule has 3 heteroatoms. The standard InChI is InChI=1S/C7H13NO2/c1-6(10)8-3-2-7(4-8)5-9/h7,9H,2-5H2,1H3/t7-/m0/s1. The fourth-order valence-electron chi connectivity index (χ4n) is 1.27. The SMILES string of the molecule is CC(=O)N1CC[C@H](CO)C1. The number of hydrogen-bond donors (Lipinski definition) is 1. The van der Waals surface area contributed by atoms with E-state index in [9.17, 15) is 4.79 Å². The first-order chi connectivity index (χ1) is 4.74. The van der Waals surface area contributed by atoms with E-state index in [1.54, 1.807) is 11.8 Å². The van der Waals surface area contributed by atoms with Gasteiger partial charge in [-0.3, -0.25) is 4.79 Å². The van der Waals surface area contributed by atoms with Gasteiger partial charge in [0.15, 0.2) is 0 Å². The summed E-state index contributed by atoms with van der Waals surface area (Å²) in [5.74, 6) is 0.444. The molecule has 1 heterocycles. The van der Waals surface area contributed by atoms with Crippen molar-refractivity contribution in [3.63, 3.8) is 0 Å². The van der Waals surface area contributed by atoms with Crippen LogP contribution in [0.1, 0.15) is 13.3 Å². The normalized spacial score (nSPS) is 25.4. The van der Waals surface area contributed by atoms with Crippen LogP contribution >= 0.6 is 0 Å². The summed E-state index contributed by atoms with van der Waals surface area (Å²) in [6, 6.07) is 0. The quantitative estimate of drug-likeness (QED) is 0.554. The number of nitrogens with zero attached hydrogens (tertiary/aromatic N) is 1. The van der Waals surface area contributed by atoms with Crippen LogP contribution in [-0.2, 0) is 4.79 Å². The summed E-state index contributed by atoms with van der Waals surface area (Å²) in [6.07, 6.45) is 0.954. The lowest BCUT2D eigenvalue weighted by Gasteiger charge is -2.12. The smallest absolute Gasteiger partial charge is 0.219 e. The van der Waals surface area contributed by atoms with Gasteiger partial charge in [0.2, 0.25) is 5.91 Å². The summed E-state index contributed by atoms with van der Waals surface area (Å²) in [4.78, 5) is 12.5. The third kappa shape index (κ3) is 1.48. The van der Waals surface area contributed by atoms with Crippen molar-refractivity contribution in [2.75, 3.05) is 19.7 Å². The van der Waals surface area contributed by atoms with Gasteiger partial charge in [-0.05, 0) is 6.42 Å². The zero-order valence-electron chi connectivity index (χ0n) is 6.21. The number of aliphatic hydroxyl groups is 1. The van der Waals surface area contributed by atoms with Crippen LogP contribution in [0.25, 0.3) is 0 Å². The number of carbonyl (C=O) groups excluding carboxylic acids is 1. The van der Waals surface area contributed by atoms with Gasteiger partial charge in [0, 0.05) is 32.5 Å². The highest BCUT2D eigenvalue weighted by molar-refractivity contribution is 5.73. The van der Waals surface area contributed by atoms with Crippen molar-refractivity contribution >= 4 is 5.91 Å². The van der Waals surface area contributed by atoms with Crippen molar-refractivity contribution in [3.8, 4) is 0 Å². The molecule has 1 saturated heterocycles. The van der Waals surface area contributed by atoms with Gasteiger partial charge in [0.1, 0.15) is 0 Å². The van der Waals surface area contributed by atoms with Crippen LogP contribution in [0.3, 0.4) is 0 Å². The predicted octanol–water partition coefficient (Wildman–Crippen LogP) is -0.153. The fraction of sp³-hybridized carbons (Fsp3) is 0.857. The molecule has 0 spiro atoms. The average Bonchev–Trinajstić information content (AvgIpc) is 2.34. The molecule has 1 N–H and O–H groups in total. The Morgan fingerprint density at radius 1 is 1.80 bits per heavy atom. The van der Waals surface area contributed by atoms with Crippen LogP contribution in [0.2, 0.25) is 0 Å². The van der Waals surface area contributed by atoms with Gasteiger partial charge in [-0.25, -0.2) is 0 Å². The van der Waals surface area contributed by atoms with E-state index in [1.807, 2.05) is 0 Å². The Morgan fingerprint density at radius 2 is 2.50 bits per heavy atom. The Kier molecular flexibility index (Phi) is 2.27. The van der Waals surface area contributed by atoms with Crippen molar-refractivity contribution in [2.24, 2.45) is 5.92 Å². The van der Waals surface area contributed by atoms with Crippen molar-refractivity contribution in [2.45, 2.75) is 13.3 Å². The van der Waals surface area contributed by atoms with E-state index in [4.69, 9.17) is 5.11 Å². The van der Waals surface area contributed by atoms with Crippen LogP contribution in [0.15, 0.2) is 0 Å². The van der Waals surface area contributed by atoms with Crippen LogP contribution < -0.4 is 0 Å². The second-order valence-electron chi connectivity index (χ2n) is 2.80. The molecule has 0 unspecified atom stereocenters. The van der Waals surface area contributed by atoms with E-state index in [2.05, 4.69) is 0 Å². The Hall–Kier alpha value is -0.570. The summed E-state index contributed by atoms with van der Waals surface area (Å²) < 4.78 is 0. The zero-order valence-corrected chi connectivity index (χ0v) is 6.21. The molecule has 0 bridgehead atoms. The summed E-state index contributed by atoms with van der Waals surface area (Å²) in [7, 11) is 0. The molecule has 0 aromatic heterocycles. The number of aliphatic hydroxyl groups excluding tert-OH is 1. The maximum absolute atomic E-state index is 10.8. The van der Waals surface area contributed by atoms with Gasteiger partial charge >= 0.3 is 0 Å². The van der Waals surface area contributed by atoms with E-state index in [0.29, 0.717) is 5.92 Å². The molecule has 10 heavy (non-hydrogen) atoms. The number of rotatable bonds is 1. The van der Waals surface area contributed by atoms with Crippen LogP contribution in [-0.4, -0.2) is 35.6 Å². The van der Waals surface area contributed by atoms with Gasteiger partial charge < -0.3 is 10.0 Å². The molecule has 0 aliphatic carbocycles. The molecular formula is C7H13NO2. The molecule has 1 aliphatic heterocycles. The van der Waals surface area contributed by atoms with Crippen LogP contribution in [0.5, 0.6) is 0 Å². The molecule has 1 atom stereocenters. The van der Waals surface area contributed by atoms with E-state index in [1.165, 1.54) is 0 Å². The highest BCUT2D eigenvalue weighted by atomic mass is 16.3. The molecule has 1 rings (SSSR count). The molecule has 0 aromatic rings. The van der Waals surface area contributed by atoms with Crippen LogP contribution in [0.4, 0.5) is 0 Å². The number of likely N-dealkylation sites (tertiary alicyclic amines) is 1. The minimum Gasteiger partial charge on any atom is -0.396 e. The third-order valence-corrected chi connectivity index (χ3v) is 1.99. The molecule has 58 valence electrons. The lowest BCUT2D eigenvalue weighted by molar-refractivity contribution is -0.127. The topological polar surface area (TPSA) is 40.5 Å². The van der Waals surface area contributed by atoms with Crippen molar-refractivity contribution < 1.29 is 9.90 Å². The molecule has 1 fully saturated rings. The monoisotopic (exact) mass is 143 g/mol. The van der Waals surface area contributed by atoms with E-state index in [0.717, 1.165) is 19.5 Å². The van der Waals surface area contributed by atoms with Gasteiger partial charge in [0.25, 0.3) is 0 Å². The summed E-state index contributed by atoms with van der Waals surface area (Å²) in [5, 5.41) is 8.73. The minimum absolute atomic E-state index is 0.121. The highest BCUT2D eigenvalue weighted by Gasteiger charge is 2.22. The van der Waals surface area contributed by atoms with E-state index >= 15 is 0 Å². The maximum atomic E-state index is 10.8. The Bertz CT molecular complexity index is 136. The first-order valence-corrected chi connectivity index (χ1v) is 3.60. The van der Waals surface area contributed by atoms with Crippen molar-refractivity contribution in [3.05, 3.63) is 0 Å². The lowest BCUT2D eigenvalue weighted by Crippen LogP contribution is -2.26. The van der Waals surface area contributed by atoms with Gasteiger partial charge in [-0.2, -0.15) is 0 Å².